The highest BCUT2D eigenvalue weighted by Crippen LogP contribution is 2.20. The van der Waals surface area contributed by atoms with Gasteiger partial charge in [-0.15, -0.1) is 11.3 Å². The quantitative estimate of drug-likeness (QED) is 0.559. The van der Waals surface area contributed by atoms with Crippen molar-refractivity contribution in [2.24, 2.45) is 0 Å². The van der Waals surface area contributed by atoms with E-state index in [-0.39, 0.29) is 36.9 Å². The van der Waals surface area contributed by atoms with E-state index in [2.05, 4.69) is 0 Å². The van der Waals surface area contributed by atoms with Gasteiger partial charge in [-0.25, -0.2) is 4.39 Å². The molecule has 1 aliphatic heterocycles. The minimum Gasteiger partial charge on any atom is -0.376 e. The summed E-state index contributed by atoms with van der Waals surface area (Å²) in [7, 11) is 1.46. The first-order chi connectivity index (χ1) is 15.0. The molecule has 1 unspecified atom stereocenters. The van der Waals surface area contributed by atoms with Gasteiger partial charge in [0.15, 0.2) is 0 Å². The molecule has 0 N–H and O–H groups in total. The Hall–Kier alpha value is -2.29. The third kappa shape index (κ3) is 6.85. The Morgan fingerprint density at radius 2 is 1.94 bits per heavy atom. The zero-order valence-electron chi connectivity index (χ0n) is 18.0. The maximum atomic E-state index is 13.3. The fourth-order valence-corrected chi connectivity index (χ4v) is 4.47. The maximum Gasteiger partial charge on any atom is 0.249 e. The number of aryl methyl sites for hydroxylation is 1. The van der Waals surface area contributed by atoms with Gasteiger partial charge in [0.2, 0.25) is 11.8 Å². The molecular weight excluding hydrogens is 419 g/mol. The number of carbonyl (C=O) groups excluding carboxylic acids is 2. The van der Waals surface area contributed by atoms with E-state index in [1.54, 1.807) is 28.4 Å². The topological polar surface area (TPSA) is 59.1 Å². The smallest absolute Gasteiger partial charge is 0.249 e. The molecule has 3 rings (SSSR count). The summed E-state index contributed by atoms with van der Waals surface area (Å²) in [6.45, 7) is 3.71. The van der Waals surface area contributed by atoms with Crippen molar-refractivity contribution in [3.05, 3.63) is 57.5 Å². The third-order valence-electron chi connectivity index (χ3n) is 5.34. The molecule has 6 nitrogen and oxygen atoms in total. The molecule has 31 heavy (non-hydrogen) atoms. The third-order valence-corrected chi connectivity index (χ3v) is 6.34. The Balaban J connectivity index is 1.75. The van der Waals surface area contributed by atoms with Crippen LogP contribution in [0.3, 0.4) is 0 Å². The van der Waals surface area contributed by atoms with Crippen LogP contribution in [-0.2, 0) is 32.2 Å². The van der Waals surface area contributed by atoms with Crippen molar-refractivity contribution in [1.82, 2.24) is 9.80 Å². The van der Waals surface area contributed by atoms with Crippen LogP contribution in [-0.4, -0.2) is 61.1 Å². The molecule has 1 aromatic carbocycles. The summed E-state index contributed by atoms with van der Waals surface area (Å²) in [6.07, 6.45) is 1.77. The Morgan fingerprint density at radius 3 is 2.55 bits per heavy atom. The molecule has 2 aromatic rings. The highest BCUT2D eigenvalue weighted by Gasteiger charge is 2.26. The number of carbonyl (C=O) groups is 2. The maximum absolute atomic E-state index is 13.3. The van der Waals surface area contributed by atoms with Crippen molar-refractivity contribution in [1.29, 1.82) is 0 Å². The minimum atomic E-state index is -0.316. The largest absolute Gasteiger partial charge is 0.376 e. The van der Waals surface area contributed by atoms with E-state index in [0.29, 0.717) is 26.2 Å². The van der Waals surface area contributed by atoms with E-state index < -0.39 is 0 Å². The fourth-order valence-electron chi connectivity index (χ4n) is 3.55. The highest BCUT2D eigenvalue weighted by atomic mass is 32.1. The van der Waals surface area contributed by atoms with Crippen molar-refractivity contribution in [2.75, 3.05) is 33.4 Å². The summed E-state index contributed by atoms with van der Waals surface area (Å²) < 4.78 is 24.0. The van der Waals surface area contributed by atoms with Crippen LogP contribution in [0.4, 0.5) is 4.39 Å². The molecular formula is C23H29FN2O4S. The van der Waals surface area contributed by atoms with Crippen LogP contribution in [0.2, 0.25) is 0 Å². The van der Waals surface area contributed by atoms with Gasteiger partial charge in [0, 0.05) is 31.7 Å². The average Bonchev–Trinajstić information content (AvgIpc) is 3.40. The summed E-state index contributed by atoms with van der Waals surface area (Å²) in [4.78, 5) is 30.2. The Morgan fingerprint density at radius 1 is 1.16 bits per heavy atom. The lowest BCUT2D eigenvalue weighted by Gasteiger charge is -2.29. The molecule has 1 atom stereocenters. The SMILES string of the molecule is COCC(=O)N(CC(=O)N(Cc1ccc(F)cc1)Cc1sccc1C)CC1CCCO1. The Labute approximate surface area is 186 Å². The molecule has 0 bridgehead atoms. The van der Waals surface area contributed by atoms with Gasteiger partial charge in [0.05, 0.1) is 19.2 Å². The van der Waals surface area contributed by atoms with Crippen LogP contribution in [0, 0.1) is 12.7 Å². The monoisotopic (exact) mass is 448 g/mol. The summed E-state index contributed by atoms with van der Waals surface area (Å²) in [5, 5.41) is 2.00. The molecule has 2 heterocycles. The molecule has 1 aromatic heterocycles. The number of benzene rings is 1. The van der Waals surface area contributed by atoms with Crippen molar-refractivity contribution in [3.8, 4) is 0 Å². The lowest BCUT2D eigenvalue weighted by atomic mass is 10.2. The van der Waals surface area contributed by atoms with E-state index in [9.17, 15) is 14.0 Å². The van der Waals surface area contributed by atoms with Crippen LogP contribution in [0.5, 0.6) is 0 Å². The second-order valence-corrected chi connectivity index (χ2v) is 8.75. The minimum absolute atomic E-state index is 0.0479. The van der Waals surface area contributed by atoms with E-state index in [4.69, 9.17) is 9.47 Å². The van der Waals surface area contributed by atoms with Gasteiger partial charge in [0.25, 0.3) is 0 Å². The Kier molecular flexibility index (Phi) is 8.57. The van der Waals surface area contributed by atoms with Gasteiger partial charge in [0.1, 0.15) is 12.4 Å². The first-order valence-electron chi connectivity index (χ1n) is 10.4. The summed E-state index contributed by atoms with van der Waals surface area (Å²) in [6, 6.07) is 8.15. The highest BCUT2D eigenvalue weighted by molar-refractivity contribution is 7.10. The first-order valence-corrected chi connectivity index (χ1v) is 11.3. The molecule has 0 radical (unpaired) electrons. The number of halogens is 1. The van der Waals surface area contributed by atoms with Crippen molar-refractivity contribution in [3.63, 3.8) is 0 Å². The summed E-state index contributed by atoms with van der Waals surface area (Å²) in [5.74, 6) is -0.719. The van der Waals surface area contributed by atoms with Crippen molar-refractivity contribution in [2.45, 2.75) is 39.0 Å². The zero-order chi connectivity index (χ0) is 22.2. The molecule has 8 heteroatoms. The number of thiophene rings is 1. The predicted molar refractivity (Wildman–Crippen MR) is 117 cm³/mol. The van der Waals surface area contributed by atoms with Crippen LogP contribution >= 0.6 is 11.3 Å². The molecule has 0 saturated carbocycles. The number of nitrogens with zero attached hydrogens (tertiary/aromatic N) is 2. The van der Waals surface area contributed by atoms with Crippen LogP contribution in [0.1, 0.15) is 28.8 Å². The average molecular weight is 449 g/mol. The molecule has 0 aliphatic carbocycles. The predicted octanol–water partition coefficient (Wildman–Crippen LogP) is 3.38. The molecule has 168 valence electrons. The van der Waals surface area contributed by atoms with Gasteiger partial charge >= 0.3 is 0 Å². The Bertz CT molecular complexity index is 865. The lowest BCUT2D eigenvalue weighted by molar-refractivity contribution is -0.144. The zero-order valence-corrected chi connectivity index (χ0v) is 18.8. The van der Waals surface area contributed by atoms with Gasteiger partial charge in [-0.2, -0.15) is 0 Å². The number of ether oxygens (including phenoxy) is 2. The number of hydrogen-bond donors (Lipinski definition) is 0. The molecule has 0 spiro atoms. The second-order valence-electron chi connectivity index (χ2n) is 7.75. The van der Waals surface area contributed by atoms with E-state index in [1.807, 2.05) is 18.4 Å². The summed E-state index contributed by atoms with van der Waals surface area (Å²) >= 11 is 1.59. The molecule has 2 amide bonds. The number of hydrogen-bond acceptors (Lipinski definition) is 5. The number of rotatable bonds is 10. The van der Waals surface area contributed by atoms with Gasteiger partial charge in [-0.3, -0.25) is 9.59 Å². The van der Waals surface area contributed by atoms with Crippen molar-refractivity contribution >= 4 is 23.2 Å². The first kappa shape index (κ1) is 23.4. The molecule has 1 fully saturated rings. The fraction of sp³-hybridized carbons (Fsp3) is 0.478. The van der Waals surface area contributed by atoms with Crippen LogP contribution in [0.25, 0.3) is 0 Å². The van der Waals surface area contributed by atoms with Crippen LogP contribution < -0.4 is 0 Å². The van der Waals surface area contributed by atoms with Crippen LogP contribution in [0.15, 0.2) is 35.7 Å². The summed E-state index contributed by atoms with van der Waals surface area (Å²) in [5.41, 5.74) is 1.95. The van der Waals surface area contributed by atoms with E-state index in [0.717, 1.165) is 28.8 Å². The normalized spacial score (nSPS) is 15.8. The van der Waals surface area contributed by atoms with Gasteiger partial charge in [-0.05, 0) is 54.5 Å². The number of methoxy groups -OCH3 is 1. The molecule has 1 aliphatic rings. The standard InChI is InChI=1S/C23H29FN2O4S/c1-17-9-11-31-21(17)14-25(12-18-5-7-19(24)8-6-18)22(27)15-26(23(28)16-29-2)13-20-4-3-10-30-20/h5-9,11,20H,3-4,10,12-16H2,1-2H3. The van der Waals surface area contributed by atoms with Gasteiger partial charge in [-0.1, -0.05) is 12.1 Å². The molecule has 1 saturated heterocycles. The van der Waals surface area contributed by atoms with Crippen molar-refractivity contribution < 1.29 is 23.5 Å². The second kappa shape index (κ2) is 11.4. The van der Waals surface area contributed by atoms with Gasteiger partial charge < -0.3 is 19.3 Å². The number of amides is 2. The lowest BCUT2D eigenvalue weighted by Crippen LogP contribution is -2.46. The van der Waals surface area contributed by atoms with E-state index in [1.165, 1.54) is 24.1 Å². The van der Waals surface area contributed by atoms with E-state index >= 15 is 0 Å².